The standard InChI is InChI=1S/C13H10BrN5O/c14-9-1-3-11(4-2-9)19-7-12(15-8-19)13(20)18-10-5-16-17-6-10/h1-8H,(H,16,17)(H,18,20). The van der Waals surface area contributed by atoms with Crippen molar-refractivity contribution in [3.05, 3.63) is 59.3 Å². The molecule has 6 nitrogen and oxygen atoms in total. The molecule has 2 heterocycles. The van der Waals surface area contributed by atoms with Gasteiger partial charge in [0.15, 0.2) is 0 Å². The number of anilines is 1. The van der Waals surface area contributed by atoms with Crippen molar-refractivity contribution >= 4 is 27.5 Å². The Labute approximate surface area is 123 Å². The molecule has 2 aromatic heterocycles. The van der Waals surface area contributed by atoms with Gasteiger partial charge in [0.25, 0.3) is 5.91 Å². The summed E-state index contributed by atoms with van der Waals surface area (Å²) in [4.78, 5) is 16.1. The first-order valence-corrected chi connectivity index (χ1v) is 6.62. The van der Waals surface area contributed by atoms with Gasteiger partial charge in [-0.25, -0.2) is 4.98 Å². The van der Waals surface area contributed by atoms with Crippen molar-refractivity contribution in [1.82, 2.24) is 19.7 Å². The summed E-state index contributed by atoms with van der Waals surface area (Å²) in [6.45, 7) is 0. The van der Waals surface area contributed by atoms with Gasteiger partial charge in [0, 0.05) is 22.6 Å². The van der Waals surface area contributed by atoms with Gasteiger partial charge in [0.05, 0.1) is 11.9 Å². The third kappa shape index (κ3) is 2.62. The Morgan fingerprint density at radius 3 is 2.80 bits per heavy atom. The molecule has 3 rings (SSSR count). The molecule has 1 amide bonds. The van der Waals surface area contributed by atoms with E-state index in [-0.39, 0.29) is 5.91 Å². The fraction of sp³-hybridized carbons (Fsp3) is 0. The Kier molecular flexibility index (Phi) is 3.34. The van der Waals surface area contributed by atoms with Crippen LogP contribution in [-0.2, 0) is 0 Å². The summed E-state index contributed by atoms with van der Waals surface area (Å²) in [7, 11) is 0. The van der Waals surface area contributed by atoms with Crippen LogP contribution in [0.25, 0.3) is 5.69 Å². The SMILES string of the molecule is O=C(Nc1cn[nH]c1)c1cn(-c2ccc(Br)cc2)cn1. The molecule has 0 fully saturated rings. The minimum atomic E-state index is -0.276. The number of carbonyl (C=O) groups is 1. The normalized spacial score (nSPS) is 10.4. The van der Waals surface area contributed by atoms with Gasteiger partial charge in [-0.15, -0.1) is 0 Å². The molecule has 0 bridgehead atoms. The molecule has 0 unspecified atom stereocenters. The van der Waals surface area contributed by atoms with Crippen molar-refractivity contribution < 1.29 is 4.79 Å². The van der Waals surface area contributed by atoms with Crippen LogP contribution in [0.2, 0.25) is 0 Å². The number of H-pyrrole nitrogens is 1. The molecule has 0 spiro atoms. The summed E-state index contributed by atoms with van der Waals surface area (Å²) in [5, 5.41) is 9.08. The number of aromatic nitrogens is 4. The van der Waals surface area contributed by atoms with E-state index < -0.39 is 0 Å². The Morgan fingerprint density at radius 2 is 2.10 bits per heavy atom. The Balaban J connectivity index is 1.79. The Bertz CT molecular complexity index is 718. The van der Waals surface area contributed by atoms with Crippen LogP contribution >= 0.6 is 15.9 Å². The highest BCUT2D eigenvalue weighted by atomic mass is 79.9. The number of halogens is 1. The van der Waals surface area contributed by atoms with E-state index in [1.165, 1.54) is 6.20 Å². The summed E-state index contributed by atoms with van der Waals surface area (Å²) in [5.41, 5.74) is 1.88. The van der Waals surface area contributed by atoms with Gasteiger partial charge in [-0.3, -0.25) is 9.89 Å². The van der Waals surface area contributed by atoms with Gasteiger partial charge >= 0.3 is 0 Å². The minimum absolute atomic E-state index is 0.276. The topological polar surface area (TPSA) is 75.6 Å². The lowest BCUT2D eigenvalue weighted by Gasteiger charge is -2.01. The summed E-state index contributed by atoms with van der Waals surface area (Å²) >= 11 is 3.38. The number of rotatable bonds is 3. The second-order valence-electron chi connectivity index (χ2n) is 4.08. The molecule has 0 saturated heterocycles. The summed E-state index contributed by atoms with van der Waals surface area (Å²) in [6.07, 6.45) is 6.42. The summed E-state index contributed by atoms with van der Waals surface area (Å²) in [6, 6.07) is 7.73. The van der Waals surface area contributed by atoms with Crippen LogP contribution in [0.15, 0.2) is 53.7 Å². The second kappa shape index (κ2) is 5.30. The number of carbonyl (C=O) groups excluding carboxylic acids is 1. The molecule has 0 aliphatic rings. The zero-order chi connectivity index (χ0) is 13.9. The number of nitrogens with zero attached hydrogens (tertiary/aromatic N) is 3. The first kappa shape index (κ1) is 12.6. The van der Waals surface area contributed by atoms with Crippen LogP contribution in [0.1, 0.15) is 10.5 Å². The maximum atomic E-state index is 12.0. The molecule has 0 aliphatic heterocycles. The number of amides is 1. The van der Waals surface area contributed by atoms with Crippen molar-refractivity contribution in [3.63, 3.8) is 0 Å². The molecule has 7 heteroatoms. The second-order valence-corrected chi connectivity index (χ2v) is 5.00. The quantitative estimate of drug-likeness (QED) is 0.774. The van der Waals surface area contributed by atoms with Crippen LogP contribution in [0.4, 0.5) is 5.69 Å². The van der Waals surface area contributed by atoms with E-state index in [1.54, 1.807) is 23.3 Å². The molecule has 0 saturated carbocycles. The smallest absolute Gasteiger partial charge is 0.275 e. The first-order valence-electron chi connectivity index (χ1n) is 5.82. The highest BCUT2D eigenvalue weighted by Gasteiger charge is 2.10. The van der Waals surface area contributed by atoms with Gasteiger partial charge in [-0.1, -0.05) is 15.9 Å². The third-order valence-electron chi connectivity index (χ3n) is 2.70. The molecule has 2 N–H and O–H groups in total. The highest BCUT2D eigenvalue weighted by Crippen LogP contribution is 2.14. The van der Waals surface area contributed by atoms with Crippen LogP contribution < -0.4 is 5.32 Å². The molecule has 3 aromatic rings. The monoisotopic (exact) mass is 331 g/mol. The number of imidazole rings is 1. The third-order valence-corrected chi connectivity index (χ3v) is 3.22. The molecule has 0 radical (unpaired) electrons. The van der Waals surface area contributed by atoms with Crippen molar-refractivity contribution in [2.45, 2.75) is 0 Å². The summed E-state index contributed by atoms with van der Waals surface area (Å²) in [5.74, 6) is -0.276. The van der Waals surface area contributed by atoms with E-state index in [4.69, 9.17) is 0 Å². The van der Waals surface area contributed by atoms with Crippen LogP contribution in [-0.4, -0.2) is 25.7 Å². The van der Waals surface area contributed by atoms with E-state index in [0.717, 1.165) is 10.2 Å². The average Bonchev–Trinajstić information content (AvgIpc) is 3.10. The Morgan fingerprint density at radius 1 is 1.30 bits per heavy atom. The fourth-order valence-electron chi connectivity index (χ4n) is 1.71. The van der Waals surface area contributed by atoms with Gasteiger partial charge in [-0.2, -0.15) is 5.10 Å². The predicted molar refractivity (Wildman–Crippen MR) is 77.8 cm³/mol. The highest BCUT2D eigenvalue weighted by molar-refractivity contribution is 9.10. The zero-order valence-electron chi connectivity index (χ0n) is 10.2. The molecule has 0 aliphatic carbocycles. The number of hydrogen-bond acceptors (Lipinski definition) is 3. The molecular weight excluding hydrogens is 322 g/mol. The first-order chi connectivity index (χ1) is 9.72. The summed E-state index contributed by atoms with van der Waals surface area (Å²) < 4.78 is 2.79. The van der Waals surface area contributed by atoms with Crippen molar-refractivity contribution in [2.24, 2.45) is 0 Å². The number of benzene rings is 1. The van der Waals surface area contributed by atoms with Crippen molar-refractivity contribution in [2.75, 3.05) is 5.32 Å². The van der Waals surface area contributed by atoms with E-state index in [9.17, 15) is 4.79 Å². The van der Waals surface area contributed by atoms with E-state index in [0.29, 0.717) is 11.4 Å². The molecule has 100 valence electrons. The molecule has 0 atom stereocenters. The largest absolute Gasteiger partial charge is 0.318 e. The maximum absolute atomic E-state index is 12.0. The average molecular weight is 332 g/mol. The van der Waals surface area contributed by atoms with Crippen LogP contribution in [0.3, 0.4) is 0 Å². The number of nitrogens with one attached hydrogen (secondary N) is 2. The number of aromatic amines is 1. The van der Waals surface area contributed by atoms with E-state index >= 15 is 0 Å². The van der Waals surface area contributed by atoms with Gasteiger partial charge in [0.2, 0.25) is 0 Å². The van der Waals surface area contributed by atoms with Crippen molar-refractivity contribution in [1.29, 1.82) is 0 Å². The lowest BCUT2D eigenvalue weighted by molar-refractivity contribution is 0.102. The Hall–Kier alpha value is -2.41. The van der Waals surface area contributed by atoms with Crippen LogP contribution in [0, 0.1) is 0 Å². The lowest BCUT2D eigenvalue weighted by Crippen LogP contribution is -2.11. The van der Waals surface area contributed by atoms with E-state index in [2.05, 4.69) is 36.4 Å². The minimum Gasteiger partial charge on any atom is -0.318 e. The van der Waals surface area contributed by atoms with Gasteiger partial charge in [-0.05, 0) is 24.3 Å². The number of hydrogen-bond donors (Lipinski definition) is 2. The van der Waals surface area contributed by atoms with Gasteiger partial charge < -0.3 is 9.88 Å². The molecular formula is C13H10BrN5O. The maximum Gasteiger partial charge on any atom is 0.275 e. The van der Waals surface area contributed by atoms with Crippen molar-refractivity contribution in [3.8, 4) is 5.69 Å². The molecule has 1 aromatic carbocycles. The van der Waals surface area contributed by atoms with Gasteiger partial charge in [0.1, 0.15) is 12.0 Å². The predicted octanol–water partition coefficient (Wildman–Crippen LogP) is 2.61. The van der Waals surface area contributed by atoms with Crippen LogP contribution in [0.5, 0.6) is 0 Å². The van der Waals surface area contributed by atoms with E-state index in [1.807, 2.05) is 24.3 Å². The lowest BCUT2D eigenvalue weighted by atomic mass is 10.3. The zero-order valence-corrected chi connectivity index (χ0v) is 11.8. The fourth-order valence-corrected chi connectivity index (χ4v) is 1.97. The molecule has 20 heavy (non-hydrogen) atoms.